The highest BCUT2D eigenvalue weighted by Gasteiger charge is 2.20. The monoisotopic (exact) mass is 380 g/mol. The largest absolute Gasteiger partial charge is 0.325 e. The summed E-state index contributed by atoms with van der Waals surface area (Å²) in [6.07, 6.45) is 0.967. The van der Waals surface area contributed by atoms with E-state index in [9.17, 15) is 4.79 Å². The van der Waals surface area contributed by atoms with E-state index in [-0.39, 0.29) is 11.2 Å². The fraction of sp³-hybridized carbons (Fsp3) is 0.286. The van der Waals surface area contributed by atoms with Gasteiger partial charge >= 0.3 is 0 Å². The van der Waals surface area contributed by atoms with Gasteiger partial charge in [0, 0.05) is 17.8 Å². The normalized spacial score (nSPS) is 12.0. The summed E-state index contributed by atoms with van der Waals surface area (Å²) in [6.45, 7) is 6.89. The third-order valence-corrected chi connectivity index (χ3v) is 5.21. The Morgan fingerprint density at radius 2 is 1.93 bits per heavy atom. The number of aromatic nitrogens is 3. The molecule has 0 saturated carbocycles. The van der Waals surface area contributed by atoms with Crippen molar-refractivity contribution in [3.63, 3.8) is 0 Å². The molecule has 5 nitrogen and oxygen atoms in total. The molecule has 2 aromatic carbocycles. The highest BCUT2D eigenvalue weighted by Crippen LogP contribution is 2.28. The third kappa shape index (κ3) is 4.77. The first-order valence-electron chi connectivity index (χ1n) is 9.11. The van der Waals surface area contributed by atoms with Gasteiger partial charge in [0.1, 0.15) is 0 Å². The van der Waals surface area contributed by atoms with Crippen molar-refractivity contribution in [3.8, 4) is 11.4 Å². The summed E-state index contributed by atoms with van der Waals surface area (Å²) in [5, 5.41) is 12.2. The average Bonchev–Trinajstić information content (AvgIpc) is 3.05. The number of carbonyl (C=O) groups is 1. The van der Waals surface area contributed by atoms with Crippen LogP contribution < -0.4 is 5.32 Å². The number of thioether (sulfide) groups is 1. The first-order valence-corrected chi connectivity index (χ1v) is 9.99. The maximum atomic E-state index is 12.5. The number of amides is 1. The van der Waals surface area contributed by atoms with Crippen LogP contribution in [0.15, 0.2) is 59.8 Å². The zero-order valence-corrected chi connectivity index (χ0v) is 16.7. The van der Waals surface area contributed by atoms with Crippen LogP contribution in [0.3, 0.4) is 0 Å². The second kappa shape index (κ2) is 8.86. The molecule has 1 unspecified atom stereocenters. The van der Waals surface area contributed by atoms with Gasteiger partial charge in [-0.05, 0) is 38.5 Å². The minimum atomic E-state index is -0.282. The van der Waals surface area contributed by atoms with Crippen LogP contribution in [0.25, 0.3) is 11.4 Å². The van der Waals surface area contributed by atoms with E-state index in [0.717, 1.165) is 35.2 Å². The average molecular weight is 381 g/mol. The van der Waals surface area contributed by atoms with Gasteiger partial charge in [-0.2, -0.15) is 0 Å². The second-order valence-corrected chi connectivity index (χ2v) is 7.75. The zero-order chi connectivity index (χ0) is 19.2. The van der Waals surface area contributed by atoms with Gasteiger partial charge in [-0.1, -0.05) is 60.6 Å². The Bertz CT molecular complexity index is 908. The molecule has 27 heavy (non-hydrogen) atoms. The van der Waals surface area contributed by atoms with E-state index < -0.39 is 0 Å². The Morgan fingerprint density at radius 3 is 2.63 bits per heavy atom. The number of rotatable bonds is 7. The molecule has 1 amide bonds. The summed E-state index contributed by atoms with van der Waals surface area (Å²) in [5.41, 5.74) is 3.03. The SMILES string of the molecule is CCCn1c(SC(C)C(=O)Nc2ccccc2)nnc1-c1cccc(C)c1. The molecule has 0 aliphatic carbocycles. The van der Waals surface area contributed by atoms with Gasteiger partial charge in [-0.25, -0.2) is 0 Å². The standard InChI is InChI=1S/C21H24N4OS/c1-4-13-25-19(17-10-8-9-15(2)14-17)23-24-21(25)27-16(3)20(26)22-18-11-6-5-7-12-18/h5-12,14,16H,4,13H2,1-3H3,(H,22,26). The lowest BCUT2D eigenvalue weighted by molar-refractivity contribution is -0.115. The first kappa shape index (κ1) is 19.2. The van der Waals surface area contributed by atoms with E-state index >= 15 is 0 Å². The maximum absolute atomic E-state index is 12.5. The van der Waals surface area contributed by atoms with Crippen LogP contribution in [-0.2, 0) is 11.3 Å². The second-order valence-electron chi connectivity index (χ2n) is 6.44. The molecule has 3 rings (SSSR count). The maximum Gasteiger partial charge on any atom is 0.237 e. The third-order valence-electron chi connectivity index (χ3n) is 4.13. The molecule has 1 atom stereocenters. The number of nitrogens with one attached hydrogen (secondary N) is 1. The van der Waals surface area contributed by atoms with Gasteiger partial charge in [0.15, 0.2) is 11.0 Å². The fourth-order valence-electron chi connectivity index (χ4n) is 2.78. The van der Waals surface area contributed by atoms with Crippen LogP contribution in [0.5, 0.6) is 0 Å². The molecule has 0 spiro atoms. The Hall–Kier alpha value is -2.60. The summed E-state index contributed by atoms with van der Waals surface area (Å²) >= 11 is 1.43. The Kier molecular flexibility index (Phi) is 6.29. The van der Waals surface area contributed by atoms with Gasteiger partial charge in [-0.15, -0.1) is 10.2 Å². The van der Waals surface area contributed by atoms with E-state index in [1.54, 1.807) is 0 Å². The Labute approximate surface area is 164 Å². The zero-order valence-electron chi connectivity index (χ0n) is 15.8. The predicted octanol–water partition coefficient (Wildman–Crippen LogP) is 4.78. The summed E-state index contributed by atoms with van der Waals surface area (Å²) in [7, 11) is 0. The van der Waals surface area contributed by atoms with Gasteiger partial charge in [0.25, 0.3) is 0 Å². The van der Waals surface area contributed by atoms with Crippen molar-refractivity contribution >= 4 is 23.4 Å². The minimum Gasteiger partial charge on any atom is -0.325 e. The van der Waals surface area contributed by atoms with Gasteiger partial charge in [0.2, 0.25) is 5.91 Å². The molecule has 0 aliphatic rings. The van der Waals surface area contributed by atoms with Crippen molar-refractivity contribution in [1.82, 2.24) is 14.8 Å². The van der Waals surface area contributed by atoms with Crippen LogP contribution in [0.4, 0.5) is 5.69 Å². The molecule has 0 bridgehead atoms. The number of para-hydroxylation sites is 1. The number of hydrogen-bond donors (Lipinski definition) is 1. The number of benzene rings is 2. The van der Waals surface area contributed by atoms with E-state index in [0.29, 0.717) is 0 Å². The van der Waals surface area contributed by atoms with Gasteiger partial charge < -0.3 is 9.88 Å². The molecule has 1 heterocycles. The van der Waals surface area contributed by atoms with E-state index in [4.69, 9.17) is 0 Å². The van der Waals surface area contributed by atoms with Crippen LogP contribution in [0.2, 0.25) is 0 Å². The molecule has 0 saturated heterocycles. The molecular formula is C21H24N4OS. The van der Waals surface area contributed by atoms with Crippen LogP contribution in [-0.4, -0.2) is 25.9 Å². The van der Waals surface area contributed by atoms with Crippen LogP contribution >= 0.6 is 11.8 Å². The molecule has 0 aliphatic heterocycles. The topological polar surface area (TPSA) is 59.8 Å². The van der Waals surface area contributed by atoms with Gasteiger partial charge in [0.05, 0.1) is 5.25 Å². The smallest absolute Gasteiger partial charge is 0.237 e. The van der Waals surface area contributed by atoms with Crippen molar-refractivity contribution in [1.29, 1.82) is 0 Å². The molecule has 140 valence electrons. The molecule has 1 aromatic heterocycles. The molecule has 0 fully saturated rings. The van der Waals surface area contributed by atoms with Crippen LogP contribution in [0, 0.1) is 6.92 Å². The number of hydrogen-bond acceptors (Lipinski definition) is 4. The van der Waals surface area contributed by atoms with Crippen molar-refractivity contribution < 1.29 is 4.79 Å². The quantitative estimate of drug-likeness (QED) is 0.599. The van der Waals surface area contributed by atoms with Crippen molar-refractivity contribution in [2.24, 2.45) is 0 Å². The number of nitrogens with zero attached hydrogens (tertiary/aromatic N) is 3. The number of anilines is 1. The molecular weight excluding hydrogens is 356 g/mol. The molecule has 0 radical (unpaired) electrons. The van der Waals surface area contributed by atoms with E-state index in [1.807, 2.05) is 49.4 Å². The Morgan fingerprint density at radius 1 is 1.15 bits per heavy atom. The van der Waals surface area contributed by atoms with E-state index in [1.165, 1.54) is 17.3 Å². The lowest BCUT2D eigenvalue weighted by atomic mass is 10.1. The number of carbonyl (C=O) groups excluding carboxylic acids is 1. The summed E-state index contributed by atoms with van der Waals surface area (Å²) in [6, 6.07) is 17.7. The van der Waals surface area contributed by atoms with Crippen molar-refractivity contribution in [2.75, 3.05) is 5.32 Å². The van der Waals surface area contributed by atoms with E-state index in [2.05, 4.69) is 46.1 Å². The summed E-state index contributed by atoms with van der Waals surface area (Å²) in [5.74, 6) is 0.799. The first-order chi connectivity index (χ1) is 13.1. The highest BCUT2D eigenvalue weighted by atomic mass is 32.2. The lowest BCUT2D eigenvalue weighted by Crippen LogP contribution is -2.23. The van der Waals surface area contributed by atoms with Gasteiger partial charge in [-0.3, -0.25) is 4.79 Å². The minimum absolute atomic E-state index is 0.0469. The Balaban J connectivity index is 1.79. The van der Waals surface area contributed by atoms with Crippen LogP contribution in [0.1, 0.15) is 25.8 Å². The molecule has 3 aromatic rings. The van der Waals surface area contributed by atoms with Crippen molar-refractivity contribution in [2.45, 2.75) is 44.1 Å². The lowest BCUT2D eigenvalue weighted by Gasteiger charge is -2.13. The molecule has 1 N–H and O–H groups in total. The number of aryl methyl sites for hydroxylation is 1. The summed E-state index contributed by atoms with van der Waals surface area (Å²) in [4.78, 5) is 12.5. The highest BCUT2D eigenvalue weighted by molar-refractivity contribution is 8.00. The fourth-order valence-corrected chi connectivity index (χ4v) is 3.65. The predicted molar refractivity (Wildman–Crippen MR) is 111 cm³/mol. The summed E-state index contributed by atoms with van der Waals surface area (Å²) < 4.78 is 2.10. The molecule has 6 heteroatoms. The van der Waals surface area contributed by atoms with Crippen molar-refractivity contribution in [3.05, 3.63) is 60.2 Å².